The van der Waals surface area contributed by atoms with Gasteiger partial charge in [-0.3, -0.25) is 24.0 Å². The van der Waals surface area contributed by atoms with Crippen LogP contribution in [0.25, 0.3) is 0 Å². The third kappa shape index (κ3) is 4.72. The first-order valence-electron chi connectivity index (χ1n) is 13.7. The molecule has 4 aliphatic heterocycles. The highest BCUT2D eigenvalue weighted by atomic mass is 35.5. The Labute approximate surface area is 232 Å². The summed E-state index contributed by atoms with van der Waals surface area (Å²) in [5, 5.41) is 7.62. The molecule has 3 saturated heterocycles. The fourth-order valence-corrected chi connectivity index (χ4v) is 7.14. The Hall–Kier alpha value is -2.96. The van der Waals surface area contributed by atoms with E-state index in [1.165, 1.54) is 4.68 Å². The van der Waals surface area contributed by atoms with E-state index < -0.39 is 12.1 Å². The smallest absolute Gasteiger partial charge is 0.267 e. The van der Waals surface area contributed by atoms with Crippen LogP contribution in [0, 0.1) is 5.92 Å². The average molecular weight is 561 g/mol. The molecule has 0 spiro atoms. The Bertz CT molecular complexity index is 1290. The Kier molecular flexibility index (Phi) is 6.67. The van der Waals surface area contributed by atoms with Crippen LogP contribution < -0.4 is 20.4 Å². The maximum Gasteiger partial charge on any atom is 0.267 e. The number of quaternary nitrogens is 1. The van der Waals surface area contributed by atoms with Gasteiger partial charge in [-0.2, -0.15) is 0 Å². The van der Waals surface area contributed by atoms with Gasteiger partial charge >= 0.3 is 0 Å². The summed E-state index contributed by atoms with van der Waals surface area (Å²) in [7, 11) is 3.67. The van der Waals surface area contributed by atoms with Gasteiger partial charge in [0.15, 0.2) is 17.6 Å². The van der Waals surface area contributed by atoms with Crippen molar-refractivity contribution >= 4 is 46.4 Å². The molecule has 3 unspecified atom stereocenters. The minimum atomic E-state index is -1.08. The van der Waals surface area contributed by atoms with E-state index in [0.29, 0.717) is 41.3 Å². The predicted molar refractivity (Wildman–Crippen MR) is 149 cm³/mol. The zero-order valence-corrected chi connectivity index (χ0v) is 23.2. The molecule has 11 nitrogen and oxygen atoms in total. The molecule has 0 saturated carbocycles. The number of piperidine rings is 1. The lowest BCUT2D eigenvalue weighted by molar-refractivity contribution is -0.139. The van der Waals surface area contributed by atoms with Gasteiger partial charge in [-0.05, 0) is 19.3 Å². The number of nitrogens with one attached hydrogen (secondary N) is 1. The molecular weight excluding hydrogens is 525 g/mol. The van der Waals surface area contributed by atoms with E-state index in [4.69, 9.17) is 17.3 Å². The van der Waals surface area contributed by atoms with E-state index in [-0.39, 0.29) is 40.8 Å². The van der Waals surface area contributed by atoms with Gasteiger partial charge in [0.25, 0.3) is 5.91 Å². The summed E-state index contributed by atoms with van der Waals surface area (Å²) < 4.78 is 15.9. The van der Waals surface area contributed by atoms with Gasteiger partial charge in [-0.1, -0.05) is 11.6 Å². The molecule has 2 amide bonds. The molecule has 3 N–H and O–H groups in total. The number of hydrogen-bond donors (Lipinski definition) is 2. The van der Waals surface area contributed by atoms with Crippen LogP contribution in [0.4, 0.5) is 27.4 Å². The third-order valence-corrected chi connectivity index (χ3v) is 8.97. The number of piperazine rings is 1. The highest BCUT2D eigenvalue weighted by molar-refractivity contribution is 6.34. The largest absolute Gasteiger partial charge is 0.381 e. The number of pyridine rings is 1. The third-order valence-electron chi connectivity index (χ3n) is 8.69. The van der Waals surface area contributed by atoms with Crippen LogP contribution in [0.3, 0.4) is 0 Å². The Balaban J connectivity index is 1.19. The van der Waals surface area contributed by atoms with Crippen molar-refractivity contribution in [3.05, 3.63) is 23.0 Å². The van der Waals surface area contributed by atoms with Gasteiger partial charge in [0.1, 0.15) is 6.54 Å². The van der Waals surface area contributed by atoms with Crippen LogP contribution in [-0.2, 0) is 11.3 Å². The summed E-state index contributed by atoms with van der Waals surface area (Å²) >= 11 is 6.62. The molecule has 2 aromatic rings. The second kappa shape index (κ2) is 9.90. The predicted octanol–water partition coefficient (Wildman–Crippen LogP) is 1.82. The normalized spacial score (nSPS) is 26.4. The molecule has 0 aliphatic carbocycles. The zero-order chi connectivity index (χ0) is 27.5. The summed E-state index contributed by atoms with van der Waals surface area (Å²) in [5.41, 5.74) is 7.53. The van der Waals surface area contributed by atoms with E-state index in [0.717, 1.165) is 45.4 Å². The van der Waals surface area contributed by atoms with Crippen LogP contribution in [0.2, 0.25) is 5.02 Å². The molecule has 3 atom stereocenters. The SMILES string of the molecule is C[N+]1(C)CC(F)Cn2nc(N)c(C(=O)Nc3cncc(Cl)c3N3CCC(C(=O)N4CCN5CCC4C5)CC3)c21. The number of carbonyl (C=O) groups is 2. The van der Waals surface area contributed by atoms with Crippen molar-refractivity contribution in [2.45, 2.75) is 38.0 Å². The summed E-state index contributed by atoms with van der Waals surface area (Å²) in [4.78, 5) is 37.8. The average Bonchev–Trinajstić information content (AvgIpc) is 3.43. The van der Waals surface area contributed by atoms with Crippen LogP contribution in [-0.4, -0.2) is 109 Å². The molecule has 6 heterocycles. The van der Waals surface area contributed by atoms with E-state index in [2.05, 4.69) is 30.1 Å². The van der Waals surface area contributed by atoms with Gasteiger partial charge in [0.2, 0.25) is 11.7 Å². The summed E-state index contributed by atoms with van der Waals surface area (Å²) in [6.07, 6.45) is 4.55. The number of fused-ring (bicyclic) bond motifs is 3. The van der Waals surface area contributed by atoms with Crippen molar-refractivity contribution in [3.8, 4) is 0 Å². The molecule has 6 rings (SSSR count). The molecule has 2 aromatic heterocycles. The van der Waals surface area contributed by atoms with E-state index in [1.54, 1.807) is 12.4 Å². The lowest BCUT2D eigenvalue weighted by Crippen LogP contribution is -2.52. The summed E-state index contributed by atoms with van der Waals surface area (Å²) in [5.74, 6) is 0.446. The van der Waals surface area contributed by atoms with Gasteiger partial charge < -0.3 is 20.9 Å². The van der Waals surface area contributed by atoms with Crippen LogP contribution >= 0.6 is 11.6 Å². The molecule has 3 fully saturated rings. The highest BCUT2D eigenvalue weighted by Crippen LogP contribution is 2.38. The molecule has 4 aliphatic rings. The monoisotopic (exact) mass is 560 g/mol. The molecule has 2 bridgehead atoms. The van der Waals surface area contributed by atoms with E-state index >= 15 is 0 Å². The van der Waals surface area contributed by atoms with E-state index in [1.807, 2.05) is 14.1 Å². The van der Waals surface area contributed by atoms with Crippen molar-refractivity contribution in [3.63, 3.8) is 0 Å². The van der Waals surface area contributed by atoms with Gasteiger partial charge in [0.05, 0.1) is 43.2 Å². The number of nitrogens with two attached hydrogens (primary N) is 1. The number of hydrogen-bond acceptors (Lipinski definition) is 7. The number of aromatic nitrogens is 3. The van der Waals surface area contributed by atoms with Crippen LogP contribution in [0.5, 0.6) is 0 Å². The van der Waals surface area contributed by atoms with Crippen molar-refractivity contribution in [1.82, 2.24) is 29.0 Å². The number of rotatable bonds is 4. The highest BCUT2D eigenvalue weighted by Gasteiger charge is 2.42. The minimum absolute atomic E-state index is 0.00915. The maximum atomic E-state index is 14.3. The fraction of sp³-hybridized carbons (Fsp3) is 0.615. The number of anilines is 3. The number of alkyl halides is 1. The topological polar surface area (TPSA) is 113 Å². The Morgan fingerprint density at radius 2 is 1.87 bits per heavy atom. The standard InChI is InChI=1S/C26H35ClFN9O2/c1-37(2)15-17(28)13-36-25(37)21(23(29)32-36)24(38)31-20-12-30-11-19(27)22(20)34-7-3-16(4-8-34)26(39)35-10-9-33-6-5-18(35)14-33/h11-12,16-18H,3-10,13-15H2,1-2H3,(H2-,29,31,32,38)/p+1. The van der Waals surface area contributed by atoms with Crippen LogP contribution in [0.1, 0.15) is 29.6 Å². The quantitative estimate of drug-likeness (QED) is 0.549. The second-order valence-corrected chi connectivity index (χ2v) is 12.1. The molecule has 210 valence electrons. The number of carbonyl (C=O) groups excluding carboxylic acids is 2. The van der Waals surface area contributed by atoms with Crippen molar-refractivity contribution in [2.75, 3.05) is 75.9 Å². The fourth-order valence-electron chi connectivity index (χ4n) is 6.86. The number of amides is 2. The molecular formula is C26H36ClFN9O2+. The molecule has 0 radical (unpaired) electrons. The van der Waals surface area contributed by atoms with Gasteiger partial charge in [-0.15, -0.1) is 5.10 Å². The molecule has 0 aromatic carbocycles. The Morgan fingerprint density at radius 3 is 2.64 bits per heavy atom. The van der Waals surface area contributed by atoms with Crippen molar-refractivity contribution in [1.29, 1.82) is 0 Å². The Morgan fingerprint density at radius 1 is 1.10 bits per heavy atom. The summed E-state index contributed by atoms with van der Waals surface area (Å²) in [6.45, 7) is 5.42. The summed E-state index contributed by atoms with van der Waals surface area (Å²) in [6, 6.07) is 0.349. The minimum Gasteiger partial charge on any atom is -0.381 e. The zero-order valence-electron chi connectivity index (χ0n) is 22.4. The first kappa shape index (κ1) is 26.3. The maximum absolute atomic E-state index is 14.3. The number of halogens is 2. The first-order valence-corrected chi connectivity index (χ1v) is 14.1. The van der Waals surface area contributed by atoms with Crippen LogP contribution in [0.15, 0.2) is 12.4 Å². The molecule has 39 heavy (non-hydrogen) atoms. The van der Waals surface area contributed by atoms with Crippen molar-refractivity contribution < 1.29 is 14.0 Å². The van der Waals surface area contributed by atoms with E-state index in [9.17, 15) is 14.0 Å². The molecule has 13 heteroatoms. The lowest BCUT2D eigenvalue weighted by Gasteiger charge is -2.40. The second-order valence-electron chi connectivity index (χ2n) is 11.7. The lowest BCUT2D eigenvalue weighted by atomic mass is 9.94. The van der Waals surface area contributed by atoms with Gasteiger partial charge in [-0.25, -0.2) is 9.07 Å². The first-order chi connectivity index (χ1) is 18.6. The number of nitrogen functional groups attached to an aromatic ring is 1. The van der Waals surface area contributed by atoms with Gasteiger partial charge in [0, 0.05) is 57.4 Å². The number of nitrogens with zero attached hydrogens (tertiary/aromatic N) is 7. The van der Waals surface area contributed by atoms with Crippen molar-refractivity contribution in [2.24, 2.45) is 5.92 Å².